The van der Waals surface area contributed by atoms with Gasteiger partial charge in [-0.1, -0.05) is 18.9 Å². The zero-order valence-corrected chi connectivity index (χ0v) is 10.6. The third-order valence-electron chi connectivity index (χ3n) is 3.44. The lowest BCUT2D eigenvalue weighted by Crippen LogP contribution is -2.38. The van der Waals surface area contributed by atoms with Crippen molar-refractivity contribution in [3.8, 4) is 0 Å². The Bertz CT molecular complexity index is 286. The maximum Gasteiger partial charge on any atom is 0.0586 e. The van der Waals surface area contributed by atoms with Crippen LogP contribution in [0.2, 0.25) is 0 Å². The Morgan fingerprint density at radius 2 is 2.31 bits per heavy atom. The van der Waals surface area contributed by atoms with Crippen LogP contribution in [-0.4, -0.2) is 35.7 Å². The summed E-state index contributed by atoms with van der Waals surface area (Å²) in [4.78, 5) is 3.94. The normalized spacial score (nSPS) is 23.2. The van der Waals surface area contributed by atoms with E-state index in [4.69, 9.17) is 0 Å². The first-order valence-corrected chi connectivity index (χ1v) is 7.15. The lowest BCUT2D eigenvalue weighted by Gasteiger charge is -2.28. The van der Waals surface area contributed by atoms with Gasteiger partial charge >= 0.3 is 0 Å². The van der Waals surface area contributed by atoms with Crippen LogP contribution in [-0.2, 0) is 6.42 Å². The standard InChI is InChI=1S/C13H21NOS/c15-11-12-5-2-1-3-8-14(12)9-7-13-6-4-10-16-13/h4,6,10,12,15H,1-3,5,7-9,11H2. The Labute approximate surface area is 102 Å². The van der Waals surface area contributed by atoms with Crippen molar-refractivity contribution in [2.75, 3.05) is 19.7 Å². The van der Waals surface area contributed by atoms with E-state index in [9.17, 15) is 5.11 Å². The minimum Gasteiger partial charge on any atom is -0.395 e. The molecule has 0 spiro atoms. The summed E-state index contributed by atoms with van der Waals surface area (Å²) in [7, 11) is 0. The molecule has 1 aliphatic rings. The second-order valence-electron chi connectivity index (χ2n) is 4.55. The Morgan fingerprint density at radius 3 is 3.06 bits per heavy atom. The predicted molar refractivity (Wildman–Crippen MR) is 68.9 cm³/mol. The van der Waals surface area contributed by atoms with Gasteiger partial charge in [-0.25, -0.2) is 0 Å². The molecule has 1 unspecified atom stereocenters. The fourth-order valence-electron chi connectivity index (χ4n) is 2.45. The molecule has 1 aromatic heterocycles. The molecule has 1 N–H and O–H groups in total. The molecule has 0 radical (unpaired) electrons. The first kappa shape index (κ1) is 12.1. The van der Waals surface area contributed by atoms with Crippen molar-refractivity contribution in [1.29, 1.82) is 0 Å². The lowest BCUT2D eigenvalue weighted by molar-refractivity contribution is 0.126. The van der Waals surface area contributed by atoms with Crippen molar-refractivity contribution in [2.24, 2.45) is 0 Å². The molecule has 90 valence electrons. The van der Waals surface area contributed by atoms with Gasteiger partial charge in [0, 0.05) is 17.5 Å². The lowest BCUT2D eigenvalue weighted by atomic mass is 10.1. The van der Waals surface area contributed by atoms with Gasteiger partial charge in [0.05, 0.1) is 6.61 Å². The number of nitrogens with zero attached hydrogens (tertiary/aromatic N) is 1. The number of hydrogen-bond donors (Lipinski definition) is 1. The largest absolute Gasteiger partial charge is 0.395 e. The molecule has 0 bridgehead atoms. The fourth-order valence-corrected chi connectivity index (χ4v) is 3.14. The van der Waals surface area contributed by atoms with E-state index in [0.29, 0.717) is 12.6 Å². The molecule has 0 amide bonds. The predicted octanol–water partition coefficient (Wildman–Crippen LogP) is 2.53. The van der Waals surface area contributed by atoms with Crippen LogP contribution >= 0.6 is 11.3 Å². The van der Waals surface area contributed by atoms with E-state index >= 15 is 0 Å². The molecule has 1 fully saturated rings. The van der Waals surface area contributed by atoms with Crippen molar-refractivity contribution in [3.05, 3.63) is 22.4 Å². The number of rotatable bonds is 4. The van der Waals surface area contributed by atoms with E-state index < -0.39 is 0 Å². The molecular weight excluding hydrogens is 218 g/mol. The summed E-state index contributed by atoms with van der Waals surface area (Å²) < 4.78 is 0. The van der Waals surface area contributed by atoms with Crippen molar-refractivity contribution in [3.63, 3.8) is 0 Å². The highest BCUT2D eigenvalue weighted by atomic mass is 32.1. The van der Waals surface area contributed by atoms with Gasteiger partial charge in [-0.3, -0.25) is 4.90 Å². The van der Waals surface area contributed by atoms with E-state index in [1.54, 1.807) is 0 Å². The SMILES string of the molecule is OCC1CCCCCN1CCc1cccs1. The average molecular weight is 239 g/mol. The fraction of sp³-hybridized carbons (Fsp3) is 0.692. The molecule has 3 heteroatoms. The average Bonchev–Trinajstić information content (AvgIpc) is 2.71. The second kappa shape index (κ2) is 6.38. The molecule has 2 rings (SSSR count). The van der Waals surface area contributed by atoms with E-state index in [-0.39, 0.29) is 0 Å². The van der Waals surface area contributed by atoms with Crippen LogP contribution in [0, 0.1) is 0 Å². The molecule has 1 atom stereocenters. The number of thiophene rings is 1. The molecule has 0 aliphatic carbocycles. The van der Waals surface area contributed by atoms with Crippen molar-refractivity contribution < 1.29 is 5.11 Å². The van der Waals surface area contributed by atoms with E-state index in [1.807, 2.05) is 11.3 Å². The van der Waals surface area contributed by atoms with Gasteiger partial charge in [0.2, 0.25) is 0 Å². The summed E-state index contributed by atoms with van der Waals surface area (Å²) in [6.07, 6.45) is 6.20. The molecule has 16 heavy (non-hydrogen) atoms. The van der Waals surface area contributed by atoms with Gasteiger partial charge in [0.1, 0.15) is 0 Å². The maximum absolute atomic E-state index is 9.40. The molecule has 0 saturated carbocycles. The Balaban J connectivity index is 1.85. The molecule has 1 aromatic rings. The molecule has 1 saturated heterocycles. The van der Waals surface area contributed by atoms with Gasteiger partial charge < -0.3 is 5.11 Å². The smallest absolute Gasteiger partial charge is 0.0586 e. The second-order valence-corrected chi connectivity index (χ2v) is 5.58. The third-order valence-corrected chi connectivity index (χ3v) is 4.37. The van der Waals surface area contributed by atoms with Gasteiger partial charge in [0.25, 0.3) is 0 Å². The minimum atomic E-state index is 0.324. The van der Waals surface area contributed by atoms with Crippen LogP contribution in [0.5, 0.6) is 0 Å². The van der Waals surface area contributed by atoms with Crippen LogP contribution in [0.1, 0.15) is 30.6 Å². The number of aliphatic hydroxyl groups is 1. The Morgan fingerprint density at radius 1 is 1.38 bits per heavy atom. The summed E-state index contributed by atoms with van der Waals surface area (Å²) >= 11 is 1.84. The van der Waals surface area contributed by atoms with Crippen molar-refractivity contribution in [1.82, 2.24) is 4.90 Å². The topological polar surface area (TPSA) is 23.5 Å². The van der Waals surface area contributed by atoms with Crippen LogP contribution < -0.4 is 0 Å². The van der Waals surface area contributed by atoms with E-state index in [0.717, 1.165) is 19.5 Å². The van der Waals surface area contributed by atoms with E-state index in [1.165, 1.54) is 30.6 Å². The first-order chi connectivity index (χ1) is 7.90. The highest BCUT2D eigenvalue weighted by molar-refractivity contribution is 7.09. The highest BCUT2D eigenvalue weighted by Crippen LogP contribution is 2.18. The van der Waals surface area contributed by atoms with Crippen LogP contribution in [0.15, 0.2) is 17.5 Å². The quantitative estimate of drug-likeness (QED) is 0.873. The van der Waals surface area contributed by atoms with Gasteiger partial charge in [-0.05, 0) is 37.3 Å². The van der Waals surface area contributed by atoms with Gasteiger partial charge in [-0.15, -0.1) is 11.3 Å². The van der Waals surface area contributed by atoms with Crippen LogP contribution in [0.25, 0.3) is 0 Å². The first-order valence-electron chi connectivity index (χ1n) is 6.27. The molecule has 0 aromatic carbocycles. The van der Waals surface area contributed by atoms with Crippen molar-refractivity contribution >= 4 is 11.3 Å². The summed E-state index contributed by atoms with van der Waals surface area (Å²) in [5.74, 6) is 0. The van der Waals surface area contributed by atoms with E-state index in [2.05, 4.69) is 22.4 Å². The number of hydrogen-bond acceptors (Lipinski definition) is 3. The molecule has 2 heterocycles. The zero-order valence-electron chi connectivity index (χ0n) is 9.77. The molecular formula is C13H21NOS. The third kappa shape index (κ3) is 3.30. The zero-order chi connectivity index (χ0) is 11.2. The summed E-state index contributed by atoms with van der Waals surface area (Å²) in [5, 5.41) is 11.5. The summed E-state index contributed by atoms with van der Waals surface area (Å²) in [6.45, 7) is 2.59. The highest BCUT2D eigenvalue weighted by Gasteiger charge is 2.19. The maximum atomic E-state index is 9.40. The summed E-state index contributed by atoms with van der Waals surface area (Å²) in [5.41, 5.74) is 0. The summed E-state index contributed by atoms with van der Waals surface area (Å²) in [6, 6.07) is 4.73. The van der Waals surface area contributed by atoms with Gasteiger partial charge in [0.15, 0.2) is 0 Å². The number of aliphatic hydroxyl groups excluding tert-OH is 1. The molecule has 1 aliphatic heterocycles. The Kier molecular flexibility index (Phi) is 4.82. The van der Waals surface area contributed by atoms with Crippen LogP contribution in [0.3, 0.4) is 0 Å². The number of likely N-dealkylation sites (tertiary alicyclic amines) is 1. The van der Waals surface area contributed by atoms with Gasteiger partial charge in [-0.2, -0.15) is 0 Å². The monoisotopic (exact) mass is 239 g/mol. The Hall–Kier alpha value is -0.380. The molecule has 2 nitrogen and oxygen atoms in total. The van der Waals surface area contributed by atoms with Crippen molar-refractivity contribution in [2.45, 2.75) is 38.1 Å². The van der Waals surface area contributed by atoms with Crippen LogP contribution in [0.4, 0.5) is 0 Å². The minimum absolute atomic E-state index is 0.324.